The van der Waals surface area contributed by atoms with Crippen molar-refractivity contribution in [2.45, 2.75) is 50.8 Å². The molecule has 1 heterocycles. The molecule has 3 N–H and O–H groups in total. The SMILES string of the molecule is CC(O)C(NCc1cc(Cl)c(C[C@H]2CCc3c(-c4ccccc4F)cccc32)cc1-c1cncc(C#N)c1)C(=O)O. The molecule has 5 rings (SSSR count). The van der Waals surface area contributed by atoms with Gasteiger partial charge in [-0.25, -0.2) is 4.39 Å². The molecule has 208 valence electrons. The number of pyridine rings is 1. The molecule has 8 heteroatoms. The summed E-state index contributed by atoms with van der Waals surface area (Å²) in [6.45, 7) is 1.55. The molecule has 0 radical (unpaired) electrons. The van der Waals surface area contributed by atoms with Gasteiger partial charge in [0.15, 0.2) is 0 Å². The van der Waals surface area contributed by atoms with Crippen LogP contribution in [0, 0.1) is 17.1 Å². The number of nitriles is 1. The van der Waals surface area contributed by atoms with E-state index in [0.29, 0.717) is 28.1 Å². The summed E-state index contributed by atoms with van der Waals surface area (Å²) in [5.74, 6) is -1.22. The topological polar surface area (TPSA) is 106 Å². The average molecular weight is 570 g/mol. The van der Waals surface area contributed by atoms with Gasteiger partial charge in [0.25, 0.3) is 0 Å². The fraction of sp³-hybridized carbons (Fsp3) is 0.242. The maximum atomic E-state index is 14.6. The van der Waals surface area contributed by atoms with E-state index in [2.05, 4.69) is 22.4 Å². The van der Waals surface area contributed by atoms with Crippen molar-refractivity contribution in [2.75, 3.05) is 0 Å². The van der Waals surface area contributed by atoms with Crippen LogP contribution in [-0.2, 0) is 24.2 Å². The highest BCUT2D eigenvalue weighted by Crippen LogP contribution is 2.42. The number of aliphatic hydroxyl groups is 1. The van der Waals surface area contributed by atoms with Gasteiger partial charge in [-0.2, -0.15) is 5.26 Å². The van der Waals surface area contributed by atoms with E-state index in [9.17, 15) is 24.7 Å². The number of fused-ring (bicyclic) bond motifs is 1. The van der Waals surface area contributed by atoms with Crippen molar-refractivity contribution >= 4 is 17.6 Å². The summed E-state index contributed by atoms with van der Waals surface area (Å²) >= 11 is 6.83. The molecule has 3 aromatic carbocycles. The van der Waals surface area contributed by atoms with Crippen molar-refractivity contribution < 1.29 is 19.4 Å². The van der Waals surface area contributed by atoms with Gasteiger partial charge in [-0.15, -0.1) is 0 Å². The van der Waals surface area contributed by atoms with E-state index in [1.165, 1.54) is 24.8 Å². The first-order valence-corrected chi connectivity index (χ1v) is 13.8. The molecule has 0 bridgehead atoms. The minimum Gasteiger partial charge on any atom is -0.480 e. The molecule has 2 unspecified atom stereocenters. The Balaban J connectivity index is 1.51. The second-order valence-corrected chi connectivity index (χ2v) is 10.8. The third kappa shape index (κ3) is 6.01. The van der Waals surface area contributed by atoms with Gasteiger partial charge in [-0.1, -0.05) is 48.0 Å². The Bertz CT molecular complexity index is 1650. The summed E-state index contributed by atoms with van der Waals surface area (Å²) in [6.07, 6.45) is 4.42. The Morgan fingerprint density at radius 1 is 1.12 bits per heavy atom. The summed E-state index contributed by atoms with van der Waals surface area (Å²) in [6, 6.07) is 19.4. The normalized spacial score (nSPS) is 15.6. The molecule has 0 fully saturated rings. The molecular formula is C33H29ClFN3O3. The molecule has 1 aromatic heterocycles. The average Bonchev–Trinajstić information content (AvgIpc) is 3.37. The highest BCUT2D eigenvalue weighted by molar-refractivity contribution is 6.31. The number of aliphatic hydroxyl groups excluding tert-OH is 1. The van der Waals surface area contributed by atoms with Crippen LogP contribution in [0.25, 0.3) is 22.3 Å². The summed E-state index contributed by atoms with van der Waals surface area (Å²) in [4.78, 5) is 15.8. The summed E-state index contributed by atoms with van der Waals surface area (Å²) in [5.41, 5.74) is 7.36. The second-order valence-electron chi connectivity index (χ2n) is 10.4. The third-order valence-electron chi connectivity index (χ3n) is 7.74. The Morgan fingerprint density at radius 3 is 2.63 bits per heavy atom. The molecule has 0 saturated carbocycles. The number of carbonyl (C=O) groups is 1. The molecule has 4 aromatic rings. The number of carboxylic acids is 1. The number of hydrogen-bond acceptors (Lipinski definition) is 5. The number of hydrogen-bond donors (Lipinski definition) is 3. The zero-order valence-corrected chi connectivity index (χ0v) is 23.2. The fourth-order valence-electron chi connectivity index (χ4n) is 5.71. The Labute approximate surface area is 243 Å². The quantitative estimate of drug-likeness (QED) is 0.219. The van der Waals surface area contributed by atoms with Crippen LogP contribution in [0.3, 0.4) is 0 Å². The molecular weight excluding hydrogens is 541 g/mol. The van der Waals surface area contributed by atoms with Crippen LogP contribution in [-0.4, -0.2) is 33.3 Å². The molecule has 3 atom stereocenters. The van der Waals surface area contributed by atoms with Crippen molar-refractivity contribution in [1.82, 2.24) is 10.3 Å². The van der Waals surface area contributed by atoms with E-state index in [-0.39, 0.29) is 18.3 Å². The van der Waals surface area contributed by atoms with Crippen LogP contribution in [0.1, 0.15) is 47.1 Å². The van der Waals surface area contributed by atoms with E-state index in [4.69, 9.17) is 11.6 Å². The number of benzene rings is 3. The van der Waals surface area contributed by atoms with Crippen molar-refractivity contribution in [3.05, 3.63) is 112 Å². The molecule has 0 aliphatic heterocycles. The van der Waals surface area contributed by atoms with Crippen LogP contribution in [0.5, 0.6) is 0 Å². The number of rotatable bonds is 9. The van der Waals surface area contributed by atoms with Crippen LogP contribution < -0.4 is 5.32 Å². The number of aliphatic carboxylic acids is 1. The van der Waals surface area contributed by atoms with Crippen LogP contribution in [0.4, 0.5) is 4.39 Å². The zero-order valence-electron chi connectivity index (χ0n) is 22.4. The largest absolute Gasteiger partial charge is 0.480 e. The van der Waals surface area contributed by atoms with Crippen LogP contribution in [0.15, 0.2) is 73.1 Å². The number of aromatic nitrogens is 1. The lowest BCUT2D eigenvalue weighted by atomic mass is 9.89. The van der Waals surface area contributed by atoms with E-state index < -0.39 is 18.1 Å². The van der Waals surface area contributed by atoms with Gasteiger partial charge in [0.05, 0.1) is 11.7 Å². The van der Waals surface area contributed by atoms with Gasteiger partial charge >= 0.3 is 5.97 Å². The van der Waals surface area contributed by atoms with Gasteiger partial charge in [0.1, 0.15) is 17.9 Å². The highest BCUT2D eigenvalue weighted by Gasteiger charge is 2.27. The standard InChI is InChI=1S/C33H29ClFN3O3/c1-19(39)32(33(40)41)38-18-24-14-30(34)22(13-29(24)23-11-20(15-36)16-37-17-23)12-21-9-10-27-25(21)6-4-7-26(27)28-5-2-3-8-31(28)35/h2-8,11,13-14,16-17,19,21,32,38-39H,9-10,12,18H2,1H3,(H,40,41)/t19?,21-,32?/m1/s1. The van der Waals surface area contributed by atoms with Crippen molar-refractivity contribution in [1.29, 1.82) is 5.26 Å². The van der Waals surface area contributed by atoms with Crippen LogP contribution in [0.2, 0.25) is 5.02 Å². The monoisotopic (exact) mass is 569 g/mol. The first-order valence-electron chi connectivity index (χ1n) is 13.4. The lowest BCUT2D eigenvalue weighted by Crippen LogP contribution is -2.44. The molecule has 0 saturated heterocycles. The van der Waals surface area contributed by atoms with Crippen molar-refractivity contribution in [3.63, 3.8) is 0 Å². The molecule has 0 amide bonds. The minimum absolute atomic E-state index is 0.131. The lowest BCUT2D eigenvalue weighted by molar-refractivity contribution is -0.142. The maximum absolute atomic E-state index is 14.6. The Morgan fingerprint density at radius 2 is 1.90 bits per heavy atom. The third-order valence-corrected chi connectivity index (χ3v) is 8.09. The maximum Gasteiger partial charge on any atom is 0.323 e. The van der Waals surface area contributed by atoms with Crippen LogP contribution >= 0.6 is 11.6 Å². The smallest absolute Gasteiger partial charge is 0.323 e. The number of nitrogens with zero attached hydrogens (tertiary/aromatic N) is 2. The van der Waals surface area contributed by atoms with E-state index in [1.807, 2.05) is 36.4 Å². The zero-order chi connectivity index (χ0) is 29.1. The molecule has 6 nitrogen and oxygen atoms in total. The molecule has 1 aliphatic carbocycles. The number of nitrogens with one attached hydrogen (secondary N) is 1. The highest BCUT2D eigenvalue weighted by atomic mass is 35.5. The Kier molecular flexibility index (Phi) is 8.46. The Hall–Kier alpha value is -4.09. The summed E-state index contributed by atoms with van der Waals surface area (Å²) < 4.78 is 14.6. The van der Waals surface area contributed by atoms with Gasteiger partial charge in [0.2, 0.25) is 0 Å². The van der Waals surface area contributed by atoms with E-state index in [1.54, 1.807) is 18.3 Å². The van der Waals surface area contributed by atoms with Gasteiger partial charge in [-0.05, 0) is 89.8 Å². The van der Waals surface area contributed by atoms with Gasteiger partial charge < -0.3 is 10.2 Å². The molecule has 41 heavy (non-hydrogen) atoms. The van der Waals surface area contributed by atoms with Crippen molar-refractivity contribution in [3.8, 4) is 28.3 Å². The first kappa shape index (κ1) is 28.4. The van der Waals surface area contributed by atoms with E-state index in [0.717, 1.165) is 40.7 Å². The first-order chi connectivity index (χ1) is 19.8. The minimum atomic E-state index is -1.16. The van der Waals surface area contributed by atoms with Crippen molar-refractivity contribution in [2.24, 2.45) is 0 Å². The molecule has 0 spiro atoms. The number of halogens is 2. The predicted octanol–water partition coefficient (Wildman–Crippen LogP) is 6.28. The second kappa shape index (κ2) is 12.2. The fourth-order valence-corrected chi connectivity index (χ4v) is 5.98. The lowest BCUT2D eigenvalue weighted by Gasteiger charge is -2.20. The summed E-state index contributed by atoms with van der Waals surface area (Å²) in [5, 5.41) is 32.3. The molecule has 1 aliphatic rings. The van der Waals surface area contributed by atoms with Gasteiger partial charge in [0, 0.05) is 35.1 Å². The predicted molar refractivity (Wildman–Crippen MR) is 156 cm³/mol. The van der Waals surface area contributed by atoms with Gasteiger partial charge in [-0.3, -0.25) is 15.1 Å². The summed E-state index contributed by atoms with van der Waals surface area (Å²) in [7, 11) is 0. The number of carboxylic acid groups (broad SMARTS) is 1. The van der Waals surface area contributed by atoms with E-state index >= 15 is 0 Å².